The molecular formula is C18H31N5O. The molecule has 1 saturated carbocycles. The fourth-order valence-corrected chi connectivity index (χ4v) is 3.15. The molecule has 6 heteroatoms. The van der Waals surface area contributed by atoms with E-state index in [0.29, 0.717) is 5.92 Å². The number of nitrogens with zero attached hydrogens (tertiary/aromatic N) is 2. The predicted octanol–water partition coefficient (Wildman–Crippen LogP) is 3.24. The van der Waals surface area contributed by atoms with Crippen molar-refractivity contribution < 1.29 is 4.79 Å². The summed E-state index contributed by atoms with van der Waals surface area (Å²) in [5, 5.41) is 7.19. The van der Waals surface area contributed by atoms with Gasteiger partial charge in [-0.3, -0.25) is 0 Å². The third kappa shape index (κ3) is 5.60. The second-order valence-corrected chi connectivity index (χ2v) is 5.62. The van der Waals surface area contributed by atoms with Crippen molar-refractivity contribution >= 4 is 23.1 Å². The van der Waals surface area contributed by atoms with Gasteiger partial charge in [0.05, 0.1) is 5.39 Å². The zero-order chi connectivity index (χ0) is 17.8. The molecule has 0 aromatic carbocycles. The van der Waals surface area contributed by atoms with Crippen LogP contribution in [0.4, 0.5) is 5.82 Å². The van der Waals surface area contributed by atoms with Gasteiger partial charge in [-0.1, -0.05) is 20.3 Å². The summed E-state index contributed by atoms with van der Waals surface area (Å²) in [5.74, 6) is 2.28. The van der Waals surface area contributed by atoms with E-state index in [1.807, 2.05) is 40.2 Å². The number of H-pyrrole nitrogens is 1. The lowest BCUT2D eigenvalue weighted by Gasteiger charge is -2.15. The van der Waals surface area contributed by atoms with Crippen LogP contribution in [0.2, 0.25) is 0 Å². The quantitative estimate of drug-likeness (QED) is 0.732. The monoisotopic (exact) mass is 333 g/mol. The predicted molar refractivity (Wildman–Crippen MR) is 100 cm³/mol. The van der Waals surface area contributed by atoms with E-state index in [-0.39, 0.29) is 0 Å². The highest BCUT2D eigenvalue weighted by molar-refractivity contribution is 5.86. The van der Waals surface area contributed by atoms with E-state index in [4.69, 9.17) is 0 Å². The van der Waals surface area contributed by atoms with Gasteiger partial charge in [-0.15, -0.1) is 0 Å². The first-order valence-corrected chi connectivity index (χ1v) is 8.84. The Balaban J connectivity index is 0.000000218. The molecule has 0 saturated heterocycles. The summed E-state index contributed by atoms with van der Waals surface area (Å²) in [6, 6.07) is 1.95. The normalized spacial score (nSPS) is 19.0. The molecule has 2 heterocycles. The molecule has 0 aliphatic heterocycles. The Labute approximate surface area is 144 Å². The Hall–Kier alpha value is -1.95. The van der Waals surface area contributed by atoms with Crippen molar-refractivity contribution in [2.75, 3.05) is 26.0 Å². The maximum absolute atomic E-state index is 10.3. The molecule has 1 fully saturated rings. The van der Waals surface area contributed by atoms with Crippen LogP contribution in [-0.2, 0) is 4.79 Å². The SMILES string of the molecule is CC.CNCC1CCCC1CC=O.CNc1ncnc2[nH]ccc12. The van der Waals surface area contributed by atoms with E-state index >= 15 is 0 Å². The number of rotatable bonds is 5. The van der Waals surface area contributed by atoms with Crippen molar-refractivity contribution in [3.63, 3.8) is 0 Å². The van der Waals surface area contributed by atoms with Crippen molar-refractivity contribution in [3.05, 3.63) is 18.6 Å². The number of anilines is 1. The molecule has 2 unspecified atom stereocenters. The Morgan fingerprint density at radius 3 is 2.67 bits per heavy atom. The lowest BCUT2D eigenvalue weighted by molar-refractivity contribution is -0.108. The van der Waals surface area contributed by atoms with Crippen molar-refractivity contribution in [1.82, 2.24) is 20.3 Å². The topological polar surface area (TPSA) is 82.7 Å². The van der Waals surface area contributed by atoms with Gasteiger partial charge in [0, 0.05) is 19.7 Å². The third-order valence-corrected chi connectivity index (χ3v) is 4.27. The molecule has 2 atom stereocenters. The van der Waals surface area contributed by atoms with Gasteiger partial charge >= 0.3 is 0 Å². The van der Waals surface area contributed by atoms with Gasteiger partial charge in [-0.25, -0.2) is 9.97 Å². The van der Waals surface area contributed by atoms with E-state index in [1.165, 1.54) is 25.6 Å². The second kappa shape index (κ2) is 11.6. The van der Waals surface area contributed by atoms with Gasteiger partial charge < -0.3 is 20.4 Å². The Morgan fingerprint density at radius 1 is 1.25 bits per heavy atom. The number of hydrogen-bond acceptors (Lipinski definition) is 5. The van der Waals surface area contributed by atoms with Crippen molar-refractivity contribution in [1.29, 1.82) is 0 Å². The van der Waals surface area contributed by atoms with E-state index < -0.39 is 0 Å². The summed E-state index contributed by atoms with van der Waals surface area (Å²) < 4.78 is 0. The van der Waals surface area contributed by atoms with Crippen LogP contribution in [0, 0.1) is 11.8 Å². The van der Waals surface area contributed by atoms with Crippen LogP contribution in [0.3, 0.4) is 0 Å². The van der Waals surface area contributed by atoms with E-state index in [1.54, 1.807) is 0 Å². The summed E-state index contributed by atoms with van der Waals surface area (Å²) in [6.45, 7) is 5.08. The molecule has 6 nitrogen and oxygen atoms in total. The number of fused-ring (bicyclic) bond motifs is 1. The first-order valence-electron chi connectivity index (χ1n) is 8.84. The Morgan fingerprint density at radius 2 is 2.00 bits per heavy atom. The van der Waals surface area contributed by atoms with Crippen LogP contribution in [-0.4, -0.2) is 41.9 Å². The average molecular weight is 333 g/mol. The number of carbonyl (C=O) groups excluding carboxylic acids is 1. The minimum Gasteiger partial charge on any atom is -0.372 e. The summed E-state index contributed by atoms with van der Waals surface area (Å²) >= 11 is 0. The number of nitrogens with one attached hydrogen (secondary N) is 3. The molecule has 3 N–H and O–H groups in total. The Kier molecular flexibility index (Phi) is 9.68. The molecule has 1 aliphatic carbocycles. The van der Waals surface area contributed by atoms with E-state index in [9.17, 15) is 4.79 Å². The number of aldehydes is 1. The molecule has 0 spiro atoms. The van der Waals surface area contributed by atoms with Gasteiger partial charge in [0.15, 0.2) is 0 Å². The molecule has 0 bridgehead atoms. The molecule has 2 aromatic rings. The molecular weight excluding hydrogens is 302 g/mol. The highest BCUT2D eigenvalue weighted by Crippen LogP contribution is 2.32. The minimum absolute atomic E-state index is 0.667. The maximum Gasteiger partial charge on any atom is 0.142 e. The number of aromatic amines is 1. The molecule has 24 heavy (non-hydrogen) atoms. The standard InChI is InChI=1S/C9H17NO.C7H8N4.C2H6/c1-10-7-9-4-2-3-8(9)5-6-11;1-8-6-5-2-3-9-7(5)11-4-10-6;1-2/h6,8-10H,2-5,7H2,1H3;2-4H,1H3,(H2,8,9,10,11);1-2H3. The maximum atomic E-state index is 10.3. The van der Waals surface area contributed by atoms with Crippen LogP contribution in [0.5, 0.6) is 0 Å². The number of aromatic nitrogens is 3. The van der Waals surface area contributed by atoms with Gasteiger partial charge in [-0.2, -0.15) is 0 Å². The number of carbonyl (C=O) groups is 1. The van der Waals surface area contributed by atoms with E-state index in [2.05, 4.69) is 25.6 Å². The van der Waals surface area contributed by atoms with Crippen LogP contribution >= 0.6 is 0 Å². The van der Waals surface area contributed by atoms with Crippen molar-refractivity contribution in [2.24, 2.45) is 11.8 Å². The highest BCUT2D eigenvalue weighted by atomic mass is 16.1. The summed E-state index contributed by atoms with van der Waals surface area (Å²) in [4.78, 5) is 21.4. The van der Waals surface area contributed by atoms with Crippen LogP contribution in [0.15, 0.2) is 18.6 Å². The van der Waals surface area contributed by atoms with Gasteiger partial charge in [0.25, 0.3) is 0 Å². The highest BCUT2D eigenvalue weighted by Gasteiger charge is 2.25. The summed E-state index contributed by atoms with van der Waals surface area (Å²) in [7, 11) is 3.82. The second-order valence-electron chi connectivity index (χ2n) is 5.62. The van der Waals surface area contributed by atoms with Gasteiger partial charge in [0.1, 0.15) is 24.1 Å². The van der Waals surface area contributed by atoms with Crippen molar-refractivity contribution in [3.8, 4) is 0 Å². The van der Waals surface area contributed by atoms with Crippen molar-refractivity contribution in [2.45, 2.75) is 39.5 Å². The first kappa shape index (κ1) is 20.1. The zero-order valence-corrected chi connectivity index (χ0v) is 15.3. The fourth-order valence-electron chi connectivity index (χ4n) is 3.15. The molecule has 0 amide bonds. The fraction of sp³-hybridized carbons (Fsp3) is 0.611. The van der Waals surface area contributed by atoms with Gasteiger partial charge in [-0.05, 0) is 44.3 Å². The van der Waals surface area contributed by atoms with Gasteiger partial charge in [0.2, 0.25) is 0 Å². The Bertz CT molecular complexity index is 584. The largest absolute Gasteiger partial charge is 0.372 e. The smallest absolute Gasteiger partial charge is 0.142 e. The number of hydrogen-bond donors (Lipinski definition) is 3. The van der Waals surface area contributed by atoms with Crippen LogP contribution in [0.25, 0.3) is 11.0 Å². The first-order chi connectivity index (χ1) is 11.8. The third-order valence-electron chi connectivity index (χ3n) is 4.27. The van der Waals surface area contributed by atoms with Crippen LogP contribution < -0.4 is 10.6 Å². The molecule has 134 valence electrons. The lowest BCUT2D eigenvalue weighted by Crippen LogP contribution is -2.22. The summed E-state index contributed by atoms with van der Waals surface area (Å²) in [5.41, 5.74) is 0.865. The lowest BCUT2D eigenvalue weighted by atomic mass is 9.93. The molecule has 2 aromatic heterocycles. The minimum atomic E-state index is 0.667. The molecule has 3 rings (SSSR count). The zero-order valence-electron chi connectivity index (χ0n) is 15.3. The average Bonchev–Trinajstić information content (AvgIpc) is 3.27. The van der Waals surface area contributed by atoms with Crippen LogP contribution in [0.1, 0.15) is 39.5 Å². The molecule has 0 radical (unpaired) electrons. The molecule has 1 aliphatic rings. The summed E-state index contributed by atoms with van der Waals surface area (Å²) in [6.07, 6.45) is 9.09. The van der Waals surface area contributed by atoms with E-state index in [0.717, 1.165) is 42.0 Å².